The Balaban J connectivity index is 1.70. The van der Waals surface area contributed by atoms with Crippen LogP contribution in [0.1, 0.15) is 19.8 Å². The lowest BCUT2D eigenvalue weighted by Crippen LogP contribution is -2.45. The zero-order valence-corrected chi connectivity index (χ0v) is 8.71. The molecule has 1 amide bonds. The molecule has 4 heteroatoms. The molecule has 1 saturated carbocycles. The van der Waals surface area contributed by atoms with Crippen molar-refractivity contribution in [3.8, 4) is 0 Å². The third kappa shape index (κ3) is 2.69. The van der Waals surface area contributed by atoms with E-state index in [2.05, 4.69) is 17.1 Å². The van der Waals surface area contributed by atoms with Gasteiger partial charge in [0, 0.05) is 18.6 Å². The van der Waals surface area contributed by atoms with Crippen molar-refractivity contribution in [1.82, 2.24) is 10.2 Å². The molecule has 1 aliphatic carbocycles. The Hall–Kier alpha value is -0.610. The Morgan fingerprint density at radius 1 is 1.43 bits per heavy atom. The summed E-state index contributed by atoms with van der Waals surface area (Å²) in [6.45, 7) is 5.90. The van der Waals surface area contributed by atoms with E-state index in [1.807, 2.05) is 0 Å². The first-order valence-electron chi connectivity index (χ1n) is 5.29. The van der Waals surface area contributed by atoms with E-state index >= 15 is 0 Å². The summed E-state index contributed by atoms with van der Waals surface area (Å²) in [4.78, 5) is 13.7. The summed E-state index contributed by atoms with van der Waals surface area (Å²) in [6.07, 6.45) is 2.25. The molecule has 2 rings (SSSR count). The molecule has 80 valence electrons. The highest BCUT2D eigenvalue weighted by atomic mass is 16.5. The number of ether oxygens (including phenoxy) is 1. The van der Waals surface area contributed by atoms with E-state index in [0.717, 1.165) is 39.1 Å². The number of amides is 1. The third-order valence-corrected chi connectivity index (χ3v) is 2.91. The Morgan fingerprint density at radius 2 is 2.07 bits per heavy atom. The average Bonchev–Trinajstić information content (AvgIpc) is 2.84. The first kappa shape index (κ1) is 9.93. The molecule has 0 aromatic heterocycles. The van der Waals surface area contributed by atoms with Crippen LogP contribution in [-0.2, 0) is 9.53 Å². The van der Waals surface area contributed by atoms with Crippen molar-refractivity contribution in [2.45, 2.75) is 25.3 Å². The molecule has 1 aliphatic heterocycles. The van der Waals surface area contributed by atoms with Gasteiger partial charge in [-0.2, -0.15) is 0 Å². The standard InChI is InChI=1S/C10H18N2O2/c1-10(2-3-10)11-9(13)8-12-4-6-14-7-5-12/h2-8H2,1H3,(H,11,13). The maximum absolute atomic E-state index is 11.6. The second-order valence-corrected chi connectivity index (χ2v) is 4.50. The van der Waals surface area contributed by atoms with E-state index in [0.29, 0.717) is 6.54 Å². The van der Waals surface area contributed by atoms with Crippen LogP contribution in [-0.4, -0.2) is 49.2 Å². The van der Waals surface area contributed by atoms with Crippen LogP contribution in [0.5, 0.6) is 0 Å². The van der Waals surface area contributed by atoms with Crippen LogP contribution in [0.15, 0.2) is 0 Å². The fraction of sp³-hybridized carbons (Fsp3) is 0.900. The number of hydrogen-bond donors (Lipinski definition) is 1. The Morgan fingerprint density at radius 3 is 2.64 bits per heavy atom. The van der Waals surface area contributed by atoms with Crippen LogP contribution < -0.4 is 5.32 Å². The number of rotatable bonds is 3. The fourth-order valence-corrected chi connectivity index (χ4v) is 1.65. The van der Waals surface area contributed by atoms with Crippen LogP contribution >= 0.6 is 0 Å². The molecule has 0 spiro atoms. The second kappa shape index (κ2) is 3.87. The molecule has 1 heterocycles. The highest BCUT2D eigenvalue weighted by molar-refractivity contribution is 5.79. The Kier molecular flexibility index (Phi) is 2.74. The number of nitrogens with zero attached hydrogens (tertiary/aromatic N) is 1. The minimum absolute atomic E-state index is 0.114. The summed E-state index contributed by atoms with van der Waals surface area (Å²) in [5, 5.41) is 3.06. The molecule has 0 radical (unpaired) electrons. The van der Waals surface area contributed by atoms with Crippen molar-refractivity contribution in [1.29, 1.82) is 0 Å². The highest BCUT2D eigenvalue weighted by Crippen LogP contribution is 2.34. The second-order valence-electron chi connectivity index (χ2n) is 4.50. The lowest BCUT2D eigenvalue weighted by Gasteiger charge is -2.26. The smallest absolute Gasteiger partial charge is 0.234 e. The van der Waals surface area contributed by atoms with Crippen molar-refractivity contribution >= 4 is 5.91 Å². The van der Waals surface area contributed by atoms with E-state index < -0.39 is 0 Å². The number of morpholine rings is 1. The van der Waals surface area contributed by atoms with E-state index in [1.165, 1.54) is 0 Å². The largest absolute Gasteiger partial charge is 0.379 e. The predicted octanol–water partition coefficient (Wildman–Crippen LogP) is -0.0127. The van der Waals surface area contributed by atoms with Gasteiger partial charge in [-0.15, -0.1) is 0 Å². The van der Waals surface area contributed by atoms with Crippen LogP contribution in [0.4, 0.5) is 0 Å². The molecule has 1 saturated heterocycles. The minimum Gasteiger partial charge on any atom is -0.379 e. The third-order valence-electron chi connectivity index (χ3n) is 2.91. The van der Waals surface area contributed by atoms with Gasteiger partial charge in [0.05, 0.1) is 19.8 Å². The lowest BCUT2D eigenvalue weighted by atomic mass is 10.3. The number of carbonyl (C=O) groups is 1. The first-order valence-corrected chi connectivity index (χ1v) is 5.29. The Labute approximate surface area is 84.6 Å². The molecule has 14 heavy (non-hydrogen) atoms. The van der Waals surface area contributed by atoms with E-state index in [4.69, 9.17) is 4.74 Å². The molecule has 0 aromatic rings. The van der Waals surface area contributed by atoms with Crippen LogP contribution in [0.3, 0.4) is 0 Å². The highest BCUT2D eigenvalue weighted by Gasteiger charge is 2.38. The van der Waals surface area contributed by atoms with Crippen molar-refractivity contribution in [3.63, 3.8) is 0 Å². The Bertz CT molecular complexity index is 220. The van der Waals surface area contributed by atoms with Gasteiger partial charge in [0.15, 0.2) is 0 Å². The molecular weight excluding hydrogens is 180 g/mol. The fourth-order valence-electron chi connectivity index (χ4n) is 1.65. The van der Waals surface area contributed by atoms with Gasteiger partial charge in [-0.3, -0.25) is 9.69 Å². The quantitative estimate of drug-likeness (QED) is 0.693. The van der Waals surface area contributed by atoms with Gasteiger partial charge in [0.2, 0.25) is 5.91 Å². The predicted molar refractivity (Wildman–Crippen MR) is 53.0 cm³/mol. The van der Waals surface area contributed by atoms with Crippen molar-refractivity contribution in [2.24, 2.45) is 0 Å². The van der Waals surface area contributed by atoms with E-state index in [1.54, 1.807) is 0 Å². The molecule has 0 aromatic carbocycles. The summed E-state index contributed by atoms with van der Waals surface area (Å²) in [5.74, 6) is 0.159. The number of nitrogens with one attached hydrogen (secondary N) is 1. The van der Waals surface area contributed by atoms with Crippen molar-refractivity contribution in [2.75, 3.05) is 32.8 Å². The van der Waals surface area contributed by atoms with Crippen LogP contribution in [0.2, 0.25) is 0 Å². The summed E-state index contributed by atoms with van der Waals surface area (Å²) >= 11 is 0. The van der Waals surface area contributed by atoms with Crippen molar-refractivity contribution in [3.05, 3.63) is 0 Å². The zero-order valence-electron chi connectivity index (χ0n) is 8.71. The molecular formula is C10H18N2O2. The van der Waals surface area contributed by atoms with Gasteiger partial charge in [0.1, 0.15) is 0 Å². The normalized spacial score (nSPS) is 25.8. The van der Waals surface area contributed by atoms with Gasteiger partial charge in [-0.25, -0.2) is 0 Å². The van der Waals surface area contributed by atoms with Crippen LogP contribution in [0.25, 0.3) is 0 Å². The summed E-state index contributed by atoms with van der Waals surface area (Å²) in [6, 6.07) is 0. The molecule has 1 N–H and O–H groups in total. The topological polar surface area (TPSA) is 41.6 Å². The van der Waals surface area contributed by atoms with E-state index in [-0.39, 0.29) is 11.4 Å². The van der Waals surface area contributed by atoms with Gasteiger partial charge in [-0.1, -0.05) is 0 Å². The molecule has 2 fully saturated rings. The molecule has 2 aliphatic rings. The molecule has 0 bridgehead atoms. The maximum atomic E-state index is 11.6. The summed E-state index contributed by atoms with van der Waals surface area (Å²) < 4.78 is 5.22. The first-order chi connectivity index (χ1) is 6.68. The summed E-state index contributed by atoms with van der Waals surface area (Å²) in [5.41, 5.74) is 0.114. The SMILES string of the molecule is CC1(NC(=O)CN2CCOCC2)CC1. The minimum atomic E-state index is 0.114. The molecule has 4 nitrogen and oxygen atoms in total. The monoisotopic (exact) mass is 198 g/mol. The lowest BCUT2D eigenvalue weighted by molar-refractivity contribution is -0.124. The average molecular weight is 198 g/mol. The van der Waals surface area contributed by atoms with Crippen molar-refractivity contribution < 1.29 is 9.53 Å². The van der Waals surface area contributed by atoms with Gasteiger partial charge in [-0.05, 0) is 19.8 Å². The maximum Gasteiger partial charge on any atom is 0.234 e. The number of hydrogen-bond acceptors (Lipinski definition) is 3. The van der Waals surface area contributed by atoms with Gasteiger partial charge < -0.3 is 10.1 Å². The molecule has 0 unspecified atom stereocenters. The van der Waals surface area contributed by atoms with Gasteiger partial charge >= 0.3 is 0 Å². The number of carbonyl (C=O) groups excluding carboxylic acids is 1. The van der Waals surface area contributed by atoms with E-state index in [9.17, 15) is 4.79 Å². The molecule has 0 atom stereocenters. The summed E-state index contributed by atoms with van der Waals surface area (Å²) in [7, 11) is 0. The van der Waals surface area contributed by atoms with Crippen LogP contribution in [0, 0.1) is 0 Å². The van der Waals surface area contributed by atoms with Gasteiger partial charge in [0.25, 0.3) is 0 Å². The zero-order chi connectivity index (χ0) is 10.0.